The Kier molecular flexibility index (Phi) is 3.47. The van der Waals surface area contributed by atoms with Gasteiger partial charge in [-0.2, -0.15) is 0 Å². The van der Waals surface area contributed by atoms with E-state index in [1.165, 1.54) is 4.90 Å². The molecule has 0 aliphatic carbocycles. The normalized spacial score (nSPS) is 18.9. The molecule has 0 spiro atoms. The molecule has 1 fully saturated rings. The van der Waals surface area contributed by atoms with Crippen molar-refractivity contribution in [2.24, 2.45) is 0 Å². The molecule has 1 aromatic rings. The van der Waals surface area contributed by atoms with E-state index in [9.17, 15) is 13.6 Å². The van der Waals surface area contributed by atoms with Crippen molar-refractivity contribution < 1.29 is 18.3 Å². The third-order valence-electron chi connectivity index (χ3n) is 3.07. The summed E-state index contributed by atoms with van der Waals surface area (Å²) in [4.78, 5) is 13.4. The van der Waals surface area contributed by atoms with Crippen LogP contribution >= 0.6 is 0 Å². The lowest BCUT2D eigenvalue weighted by molar-refractivity contribution is 0.0706. The number of carbonyl (C=O) groups is 1. The maximum Gasteiger partial charge on any atom is 0.257 e. The molecule has 0 radical (unpaired) electrons. The summed E-state index contributed by atoms with van der Waals surface area (Å²) < 4.78 is 32.0. The van der Waals surface area contributed by atoms with Crippen LogP contribution in [0.25, 0.3) is 0 Å². The largest absolute Gasteiger partial charge is 0.396 e. The first-order valence-electron chi connectivity index (χ1n) is 5.60. The highest BCUT2D eigenvalue weighted by Gasteiger charge is 2.27. The third-order valence-corrected chi connectivity index (χ3v) is 3.07. The fraction of sp³-hybridized carbons (Fsp3) is 0.417. The van der Waals surface area contributed by atoms with Crippen LogP contribution in [0, 0.1) is 11.6 Å². The molecule has 0 aromatic heterocycles. The maximum atomic E-state index is 13.7. The average Bonchev–Trinajstić information content (AvgIpc) is 2.85. The molecule has 1 atom stereocenters. The van der Waals surface area contributed by atoms with Crippen LogP contribution in [-0.4, -0.2) is 37.1 Å². The number of nitrogens with zero attached hydrogens (tertiary/aromatic N) is 1. The van der Waals surface area contributed by atoms with Crippen LogP contribution in [0.5, 0.6) is 0 Å². The maximum absolute atomic E-state index is 13.7. The minimum absolute atomic E-state index is 0.110. The molecular weight excluding hydrogens is 242 g/mol. The van der Waals surface area contributed by atoms with Crippen LogP contribution in [0.4, 0.5) is 14.5 Å². The van der Waals surface area contributed by atoms with Gasteiger partial charge in [-0.15, -0.1) is 0 Å². The summed E-state index contributed by atoms with van der Waals surface area (Å²) in [6.07, 6.45) is 0.689. The van der Waals surface area contributed by atoms with Gasteiger partial charge >= 0.3 is 0 Å². The topological polar surface area (TPSA) is 55.6 Å². The lowest BCUT2D eigenvalue weighted by atomic mass is 10.1. The molecule has 98 valence electrons. The van der Waals surface area contributed by atoms with Crippen LogP contribution in [-0.2, 0) is 4.74 Å². The van der Waals surface area contributed by atoms with E-state index in [1.807, 2.05) is 0 Å². The van der Waals surface area contributed by atoms with Gasteiger partial charge in [0.05, 0.1) is 23.9 Å². The molecule has 1 heterocycles. The summed E-state index contributed by atoms with van der Waals surface area (Å²) in [5, 5.41) is 0. The minimum Gasteiger partial charge on any atom is -0.396 e. The van der Waals surface area contributed by atoms with E-state index in [0.717, 1.165) is 12.1 Å². The number of carbonyl (C=O) groups excluding carboxylic acids is 1. The highest BCUT2D eigenvalue weighted by Crippen LogP contribution is 2.21. The zero-order valence-electron chi connectivity index (χ0n) is 9.95. The van der Waals surface area contributed by atoms with Gasteiger partial charge in [0.25, 0.3) is 5.91 Å². The smallest absolute Gasteiger partial charge is 0.257 e. The summed E-state index contributed by atoms with van der Waals surface area (Å²) in [6, 6.07) is 1.60. The van der Waals surface area contributed by atoms with Gasteiger partial charge < -0.3 is 15.4 Å². The van der Waals surface area contributed by atoms with E-state index in [0.29, 0.717) is 19.6 Å². The van der Waals surface area contributed by atoms with E-state index < -0.39 is 17.5 Å². The Labute approximate surface area is 103 Å². The summed E-state index contributed by atoms with van der Waals surface area (Å²) >= 11 is 0. The lowest BCUT2D eigenvalue weighted by Crippen LogP contribution is -2.37. The number of benzene rings is 1. The number of rotatable bonds is 2. The van der Waals surface area contributed by atoms with E-state index in [4.69, 9.17) is 10.5 Å². The van der Waals surface area contributed by atoms with Crippen LogP contribution in [0.2, 0.25) is 0 Å². The summed E-state index contributed by atoms with van der Waals surface area (Å²) in [5.74, 6) is -2.20. The molecule has 0 bridgehead atoms. The molecule has 2 N–H and O–H groups in total. The predicted molar refractivity (Wildman–Crippen MR) is 62.1 cm³/mol. The molecular formula is C12H14F2N2O2. The summed E-state index contributed by atoms with van der Waals surface area (Å²) in [6.45, 7) is 0.977. The number of anilines is 1. The fourth-order valence-corrected chi connectivity index (χ4v) is 1.95. The highest BCUT2D eigenvalue weighted by molar-refractivity contribution is 5.95. The number of nitrogens with two attached hydrogens (primary N) is 1. The summed E-state index contributed by atoms with van der Waals surface area (Å²) in [7, 11) is 1.54. The monoisotopic (exact) mass is 256 g/mol. The molecule has 1 unspecified atom stereocenters. The number of amides is 1. The van der Waals surface area contributed by atoms with E-state index >= 15 is 0 Å². The number of nitrogen functional groups attached to an aromatic ring is 1. The van der Waals surface area contributed by atoms with Gasteiger partial charge in [0.1, 0.15) is 5.82 Å². The summed E-state index contributed by atoms with van der Waals surface area (Å²) in [5.41, 5.74) is 4.59. The standard InChI is InChI=1S/C12H14F2N2O2/c1-16(8-2-3-18-6-8)12(17)9-4-7(13)5-10(15)11(9)14/h4-5,8H,2-3,6,15H2,1H3. The zero-order chi connectivity index (χ0) is 13.3. The molecule has 1 aliphatic heterocycles. The van der Waals surface area contributed by atoms with E-state index in [-0.39, 0.29) is 17.3 Å². The van der Waals surface area contributed by atoms with Crippen molar-refractivity contribution in [2.75, 3.05) is 26.0 Å². The highest BCUT2D eigenvalue weighted by atomic mass is 19.1. The molecule has 6 heteroatoms. The van der Waals surface area contributed by atoms with Crippen molar-refractivity contribution in [3.8, 4) is 0 Å². The van der Waals surface area contributed by atoms with Crippen LogP contribution in [0.15, 0.2) is 12.1 Å². The molecule has 1 amide bonds. The van der Waals surface area contributed by atoms with Gasteiger partial charge in [0, 0.05) is 13.7 Å². The van der Waals surface area contributed by atoms with Crippen LogP contribution in [0.3, 0.4) is 0 Å². The first kappa shape index (κ1) is 12.8. The Hall–Kier alpha value is -1.69. The van der Waals surface area contributed by atoms with Crippen LogP contribution < -0.4 is 5.73 Å². The van der Waals surface area contributed by atoms with Gasteiger partial charge in [0.2, 0.25) is 0 Å². The second-order valence-electron chi connectivity index (χ2n) is 4.29. The molecule has 1 aliphatic rings. The first-order chi connectivity index (χ1) is 8.50. The van der Waals surface area contributed by atoms with Gasteiger partial charge in [0.15, 0.2) is 5.82 Å². The SMILES string of the molecule is CN(C(=O)c1cc(F)cc(N)c1F)C1CCOC1. The van der Waals surface area contributed by atoms with Crippen molar-refractivity contribution in [3.05, 3.63) is 29.3 Å². The predicted octanol–water partition coefficient (Wildman–Crippen LogP) is 1.41. The quantitative estimate of drug-likeness (QED) is 0.814. The number of hydrogen-bond acceptors (Lipinski definition) is 3. The first-order valence-corrected chi connectivity index (χ1v) is 5.60. The zero-order valence-corrected chi connectivity index (χ0v) is 9.95. The van der Waals surface area contributed by atoms with Crippen molar-refractivity contribution in [3.63, 3.8) is 0 Å². The molecule has 2 rings (SSSR count). The van der Waals surface area contributed by atoms with E-state index in [2.05, 4.69) is 0 Å². The van der Waals surface area contributed by atoms with Crippen molar-refractivity contribution in [2.45, 2.75) is 12.5 Å². The average molecular weight is 256 g/mol. The molecule has 1 aromatic carbocycles. The fourth-order valence-electron chi connectivity index (χ4n) is 1.95. The second-order valence-corrected chi connectivity index (χ2v) is 4.29. The van der Waals surface area contributed by atoms with Gasteiger partial charge in [-0.3, -0.25) is 4.79 Å². The van der Waals surface area contributed by atoms with Crippen molar-refractivity contribution in [1.82, 2.24) is 4.90 Å². The molecule has 0 saturated carbocycles. The minimum atomic E-state index is -0.882. The molecule has 4 nitrogen and oxygen atoms in total. The Morgan fingerprint density at radius 1 is 1.50 bits per heavy atom. The van der Waals surface area contributed by atoms with Crippen LogP contribution in [0.1, 0.15) is 16.8 Å². The number of halogens is 2. The Morgan fingerprint density at radius 3 is 2.83 bits per heavy atom. The van der Waals surface area contributed by atoms with Gasteiger partial charge in [-0.1, -0.05) is 0 Å². The third kappa shape index (κ3) is 2.28. The molecule has 1 saturated heterocycles. The Morgan fingerprint density at radius 2 is 2.22 bits per heavy atom. The number of hydrogen-bond donors (Lipinski definition) is 1. The number of ether oxygens (including phenoxy) is 1. The second kappa shape index (κ2) is 4.89. The Bertz CT molecular complexity index is 473. The van der Waals surface area contributed by atoms with Gasteiger partial charge in [-0.05, 0) is 18.6 Å². The molecule has 18 heavy (non-hydrogen) atoms. The van der Waals surface area contributed by atoms with Crippen molar-refractivity contribution >= 4 is 11.6 Å². The lowest BCUT2D eigenvalue weighted by Gasteiger charge is -2.23. The van der Waals surface area contributed by atoms with Gasteiger partial charge in [-0.25, -0.2) is 8.78 Å². The van der Waals surface area contributed by atoms with E-state index in [1.54, 1.807) is 7.05 Å². The van der Waals surface area contributed by atoms with Crippen molar-refractivity contribution in [1.29, 1.82) is 0 Å². The number of likely N-dealkylation sites (N-methyl/N-ethyl adjacent to an activating group) is 1. The Balaban J connectivity index is 2.27.